The molecule has 2 bridgehead atoms. The number of rotatable bonds is 9. The molecule has 2 aromatic heterocycles. The summed E-state index contributed by atoms with van der Waals surface area (Å²) >= 11 is 6.51. The molecule has 0 saturated carbocycles. The first-order chi connectivity index (χ1) is 14.8. The molecule has 0 radical (unpaired) electrons. The van der Waals surface area contributed by atoms with Crippen LogP contribution in [0.25, 0.3) is 0 Å². The smallest absolute Gasteiger partial charge is 0.135 e. The van der Waals surface area contributed by atoms with E-state index in [1.165, 1.54) is 73.1 Å². The standard InChI is InChI=1S/C20H28N6S4/c1-25-8-3-2-6-16(25)18-20(24-30-22-18)28-11-5-4-10-27-19-17(21-29-23-19)15-13-26-9-7-14(15)12-26/h2,6,14-16H,3-5,7-13H2,1H3. The van der Waals surface area contributed by atoms with Gasteiger partial charge >= 0.3 is 0 Å². The van der Waals surface area contributed by atoms with E-state index in [9.17, 15) is 0 Å². The van der Waals surface area contributed by atoms with Crippen molar-refractivity contribution < 1.29 is 0 Å². The number of thioether (sulfide) groups is 2. The first-order valence-corrected chi connectivity index (χ1v) is 14.2. The lowest BCUT2D eigenvalue weighted by Gasteiger charge is -2.27. The molecule has 4 atom stereocenters. The average Bonchev–Trinajstić information content (AvgIpc) is 3.55. The van der Waals surface area contributed by atoms with Gasteiger partial charge in [-0.2, -0.15) is 17.5 Å². The molecule has 5 heterocycles. The van der Waals surface area contributed by atoms with E-state index in [2.05, 4.69) is 46.5 Å². The van der Waals surface area contributed by atoms with Gasteiger partial charge in [-0.05, 0) is 56.7 Å². The SMILES string of the molecule is CN1CCC=CC1c1nsnc1SCCCCSc1nsnc1C1CN2CCC1C2. The molecule has 10 heteroatoms. The van der Waals surface area contributed by atoms with Crippen LogP contribution >= 0.6 is 47.0 Å². The number of hydrogen-bond acceptors (Lipinski definition) is 10. The Labute approximate surface area is 195 Å². The second-order valence-electron chi connectivity index (χ2n) is 8.37. The Bertz CT molecular complexity index is 867. The number of nitrogens with zero attached hydrogens (tertiary/aromatic N) is 6. The van der Waals surface area contributed by atoms with E-state index in [4.69, 9.17) is 0 Å². The van der Waals surface area contributed by atoms with E-state index in [0.717, 1.165) is 41.1 Å². The van der Waals surface area contributed by atoms with Crippen molar-refractivity contribution in [1.29, 1.82) is 0 Å². The molecular weight excluding hydrogens is 453 g/mol. The molecule has 2 aromatic rings. The van der Waals surface area contributed by atoms with Crippen LogP contribution in [0, 0.1) is 5.92 Å². The van der Waals surface area contributed by atoms with E-state index in [1.807, 2.05) is 23.5 Å². The number of hydrogen-bond donors (Lipinski definition) is 0. The highest BCUT2D eigenvalue weighted by Gasteiger charge is 2.41. The van der Waals surface area contributed by atoms with Gasteiger partial charge in [0.15, 0.2) is 0 Å². The van der Waals surface area contributed by atoms with Gasteiger partial charge in [0.05, 0.1) is 35.2 Å². The summed E-state index contributed by atoms with van der Waals surface area (Å²) < 4.78 is 18.5. The van der Waals surface area contributed by atoms with Crippen molar-refractivity contribution in [2.24, 2.45) is 5.92 Å². The minimum absolute atomic E-state index is 0.285. The molecule has 6 nitrogen and oxygen atoms in total. The molecule has 4 unspecified atom stereocenters. The van der Waals surface area contributed by atoms with Crippen molar-refractivity contribution in [2.45, 2.75) is 47.7 Å². The zero-order valence-electron chi connectivity index (χ0n) is 17.3. The fourth-order valence-electron chi connectivity index (χ4n) is 4.71. The summed E-state index contributed by atoms with van der Waals surface area (Å²) in [6, 6.07) is 0.285. The summed E-state index contributed by atoms with van der Waals surface area (Å²) in [5, 5.41) is 2.32. The van der Waals surface area contributed by atoms with Crippen LogP contribution in [-0.2, 0) is 0 Å². The quantitative estimate of drug-likeness (QED) is 0.297. The molecule has 3 aliphatic heterocycles. The van der Waals surface area contributed by atoms with E-state index < -0.39 is 0 Å². The maximum absolute atomic E-state index is 4.68. The molecule has 3 aliphatic rings. The zero-order chi connectivity index (χ0) is 20.3. The Morgan fingerprint density at radius 2 is 1.70 bits per heavy atom. The number of piperidine rings is 1. The molecule has 0 spiro atoms. The van der Waals surface area contributed by atoms with Gasteiger partial charge in [-0.15, -0.1) is 23.5 Å². The molecule has 0 aromatic carbocycles. The normalized spacial score (nSPS) is 28.6. The van der Waals surface area contributed by atoms with Crippen LogP contribution in [0.15, 0.2) is 22.2 Å². The second kappa shape index (κ2) is 9.95. The fourth-order valence-corrected chi connectivity index (χ4v) is 8.20. The van der Waals surface area contributed by atoms with E-state index in [0.29, 0.717) is 5.92 Å². The van der Waals surface area contributed by atoms with Gasteiger partial charge in [-0.3, -0.25) is 4.90 Å². The highest BCUT2D eigenvalue weighted by Crippen LogP contribution is 2.42. The van der Waals surface area contributed by atoms with Crippen molar-refractivity contribution in [3.8, 4) is 0 Å². The lowest BCUT2D eigenvalue weighted by Crippen LogP contribution is -2.27. The molecule has 2 fully saturated rings. The van der Waals surface area contributed by atoms with Gasteiger partial charge in [0.2, 0.25) is 0 Å². The third-order valence-electron chi connectivity index (χ3n) is 6.39. The topological polar surface area (TPSA) is 58.0 Å². The summed E-state index contributed by atoms with van der Waals surface area (Å²) in [5.74, 6) is 3.65. The van der Waals surface area contributed by atoms with Crippen molar-refractivity contribution in [3.63, 3.8) is 0 Å². The van der Waals surface area contributed by atoms with Crippen LogP contribution < -0.4 is 0 Å². The van der Waals surface area contributed by atoms with Crippen LogP contribution in [0.1, 0.15) is 49.0 Å². The lowest BCUT2D eigenvalue weighted by atomic mass is 9.90. The highest BCUT2D eigenvalue weighted by molar-refractivity contribution is 7.99. The Balaban J connectivity index is 1.06. The Morgan fingerprint density at radius 3 is 2.37 bits per heavy atom. The molecule has 0 aliphatic carbocycles. The molecule has 0 N–H and O–H groups in total. The monoisotopic (exact) mass is 480 g/mol. The maximum Gasteiger partial charge on any atom is 0.135 e. The van der Waals surface area contributed by atoms with E-state index in [1.54, 1.807) is 0 Å². The van der Waals surface area contributed by atoms with Crippen molar-refractivity contribution >= 4 is 47.0 Å². The van der Waals surface area contributed by atoms with Gasteiger partial charge < -0.3 is 4.90 Å². The van der Waals surface area contributed by atoms with Crippen molar-refractivity contribution in [3.05, 3.63) is 23.5 Å². The van der Waals surface area contributed by atoms with Gasteiger partial charge in [-0.1, -0.05) is 12.2 Å². The maximum atomic E-state index is 4.68. The van der Waals surface area contributed by atoms with Crippen LogP contribution in [-0.4, -0.2) is 72.0 Å². The first-order valence-electron chi connectivity index (χ1n) is 10.8. The van der Waals surface area contributed by atoms with Crippen LogP contribution in [0.2, 0.25) is 0 Å². The third-order valence-corrected chi connectivity index (χ3v) is 9.84. The van der Waals surface area contributed by atoms with Crippen LogP contribution in [0.5, 0.6) is 0 Å². The van der Waals surface area contributed by atoms with Crippen LogP contribution in [0.4, 0.5) is 0 Å². The molecule has 30 heavy (non-hydrogen) atoms. The Hall–Kier alpha value is -0.520. The minimum Gasteiger partial charge on any atom is -0.302 e. The number of likely N-dealkylation sites (N-methyl/N-ethyl adjacent to an activating group) is 1. The molecule has 5 rings (SSSR count). The van der Waals surface area contributed by atoms with Crippen LogP contribution in [0.3, 0.4) is 0 Å². The highest BCUT2D eigenvalue weighted by atomic mass is 32.2. The van der Waals surface area contributed by atoms with Gasteiger partial charge in [0, 0.05) is 25.6 Å². The van der Waals surface area contributed by atoms with Crippen molar-refractivity contribution in [2.75, 3.05) is 44.7 Å². The number of unbranched alkanes of at least 4 members (excludes halogenated alkanes) is 1. The molecule has 0 amide bonds. The van der Waals surface area contributed by atoms with E-state index >= 15 is 0 Å². The predicted molar refractivity (Wildman–Crippen MR) is 127 cm³/mol. The molecule has 162 valence electrons. The number of aromatic nitrogens is 4. The largest absolute Gasteiger partial charge is 0.302 e. The third kappa shape index (κ3) is 4.63. The Morgan fingerprint density at radius 1 is 0.967 bits per heavy atom. The summed E-state index contributed by atoms with van der Waals surface area (Å²) in [4.78, 5) is 4.95. The zero-order valence-corrected chi connectivity index (χ0v) is 20.5. The van der Waals surface area contributed by atoms with Gasteiger partial charge in [0.25, 0.3) is 0 Å². The minimum atomic E-state index is 0.285. The van der Waals surface area contributed by atoms with E-state index in [-0.39, 0.29) is 6.04 Å². The van der Waals surface area contributed by atoms with Gasteiger partial charge in [0.1, 0.15) is 15.7 Å². The first kappa shape index (κ1) is 21.3. The number of fused-ring (bicyclic) bond motifs is 2. The average molecular weight is 481 g/mol. The predicted octanol–water partition coefficient (Wildman–Crippen LogP) is 4.41. The molecule has 2 saturated heterocycles. The molecular formula is C20H28N6S4. The van der Waals surface area contributed by atoms with Gasteiger partial charge in [-0.25, -0.2) is 0 Å². The van der Waals surface area contributed by atoms with Crippen molar-refractivity contribution in [1.82, 2.24) is 27.3 Å². The summed E-state index contributed by atoms with van der Waals surface area (Å²) in [6.45, 7) is 4.83. The second-order valence-corrected chi connectivity index (χ2v) is 11.6. The fraction of sp³-hybridized carbons (Fsp3) is 0.700. The summed E-state index contributed by atoms with van der Waals surface area (Å²) in [6.07, 6.45) is 9.39. The summed E-state index contributed by atoms with van der Waals surface area (Å²) in [7, 11) is 2.18. The summed E-state index contributed by atoms with van der Waals surface area (Å²) in [5.41, 5.74) is 2.42. The lowest BCUT2D eigenvalue weighted by molar-refractivity contribution is 0.273. The Kier molecular flexibility index (Phi) is 7.08.